The summed E-state index contributed by atoms with van der Waals surface area (Å²) in [6, 6.07) is 7.02. The lowest BCUT2D eigenvalue weighted by atomic mass is 10.4. The van der Waals surface area contributed by atoms with Crippen molar-refractivity contribution in [2.75, 3.05) is 0 Å². The van der Waals surface area contributed by atoms with Crippen LogP contribution in [0.15, 0.2) is 24.3 Å². The van der Waals surface area contributed by atoms with Gasteiger partial charge in [-0.1, -0.05) is 23.2 Å². The van der Waals surface area contributed by atoms with E-state index in [1.807, 2.05) is 5.43 Å². The lowest BCUT2D eigenvalue weighted by Crippen LogP contribution is -2.34. The maximum Gasteiger partial charge on any atom is 0.177 e. The molecule has 0 heterocycles. The maximum atomic E-state index is 5.55. The van der Waals surface area contributed by atoms with Crippen LogP contribution < -0.4 is 17.0 Å². The van der Waals surface area contributed by atoms with E-state index in [9.17, 15) is 0 Å². The van der Waals surface area contributed by atoms with E-state index in [0.29, 0.717) is 0 Å². The number of benzene rings is 1. The Bertz CT molecular complexity index is 242. The van der Waals surface area contributed by atoms with E-state index in [1.165, 1.54) is 0 Å². The highest BCUT2D eigenvalue weighted by Crippen LogP contribution is 2.12. The summed E-state index contributed by atoms with van der Waals surface area (Å²) < 4.78 is 0. The lowest BCUT2D eigenvalue weighted by Gasteiger charge is -1.86. The summed E-state index contributed by atoms with van der Waals surface area (Å²) in [7, 11) is 0. The minimum Gasteiger partial charge on any atom is -0.375 e. The van der Waals surface area contributed by atoms with Crippen LogP contribution in [0.1, 0.15) is 0 Å². The molecule has 5 N–H and O–H groups in total. The fourth-order valence-corrected chi connectivity index (χ4v) is 0.682. The summed E-state index contributed by atoms with van der Waals surface area (Å²) in [4.78, 5) is 0. The molecule has 0 aliphatic heterocycles. The Morgan fingerprint density at radius 2 is 1.38 bits per heavy atom. The topological polar surface area (TPSA) is 64.1 Å². The van der Waals surface area contributed by atoms with Crippen molar-refractivity contribution in [1.82, 2.24) is 5.43 Å². The molecular formula is C7H9Cl2N3S. The van der Waals surface area contributed by atoms with Crippen molar-refractivity contribution in [2.24, 2.45) is 11.6 Å². The van der Waals surface area contributed by atoms with Crippen molar-refractivity contribution < 1.29 is 0 Å². The summed E-state index contributed by atoms with van der Waals surface area (Å²) in [5, 5.41) is 1.55. The normalized spacial score (nSPS) is 8.23. The molecule has 0 atom stereocenters. The predicted octanol–water partition coefficient (Wildman–Crippen LogP) is 1.69. The zero-order valence-corrected chi connectivity index (χ0v) is 8.96. The van der Waals surface area contributed by atoms with Crippen molar-refractivity contribution in [3.8, 4) is 0 Å². The molecule has 1 aromatic rings. The van der Waals surface area contributed by atoms with Gasteiger partial charge in [-0.2, -0.15) is 0 Å². The molecule has 0 spiro atoms. The number of hydrazine groups is 1. The van der Waals surface area contributed by atoms with Gasteiger partial charge in [-0.15, -0.1) is 0 Å². The average Bonchev–Trinajstić information content (AvgIpc) is 2.11. The average molecular weight is 238 g/mol. The van der Waals surface area contributed by atoms with Crippen molar-refractivity contribution >= 4 is 40.5 Å². The number of hydrogen-bond acceptors (Lipinski definition) is 2. The predicted molar refractivity (Wildman–Crippen MR) is 60.6 cm³/mol. The Kier molecular flexibility index (Phi) is 6.62. The lowest BCUT2D eigenvalue weighted by molar-refractivity contribution is 1.03. The van der Waals surface area contributed by atoms with Crippen LogP contribution in [0.25, 0.3) is 0 Å². The Balaban J connectivity index is 0.000000252. The quantitative estimate of drug-likeness (QED) is 0.365. The molecule has 72 valence electrons. The van der Waals surface area contributed by atoms with Gasteiger partial charge in [-0.05, 0) is 36.5 Å². The van der Waals surface area contributed by atoms with E-state index in [1.54, 1.807) is 24.3 Å². The van der Waals surface area contributed by atoms with Gasteiger partial charge in [0.1, 0.15) is 0 Å². The zero-order chi connectivity index (χ0) is 10.3. The van der Waals surface area contributed by atoms with Crippen molar-refractivity contribution in [3.05, 3.63) is 34.3 Å². The van der Waals surface area contributed by atoms with Crippen LogP contribution >= 0.6 is 35.4 Å². The molecule has 3 nitrogen and oxygen atoms in total. The SMILES string of the molecule is Clc1ccc(Cl)cc1.NNC(N)=S. The fraction of sp³-hybridized carbons (Fsp3) is 0. The van der Waals surface area contributed by atoms with Gasteiger partial charge in [0.2, 0.25) is 0 Å². The second-order valence-electron chi connectivity index (χ2n) is 1.95. The Hall–Kier alpha value is -0.550. The molecule has 1 aromatic carbocycles. The minimum atomic E-state index is 0.116. The van der Waals surface area contributed by atoms with Crippen LogP contribution in [0, 0.1) is 0 Å². The van der Waals surface area contributed by atoms with Crippen LogP contribution in [-0.4, -0.2) is 5.11 Å². The first kappa shape index (κ1) is 12.4. The van der Waals surface area contributed by atoms with Gasteiger partial charge in [0.15, 0.2) is 5.11 Å². The molecule has 0 amide bonds. The molecular weight excluding hydrogens is 229 g/mol. The largest absolute Gasteiger partial charge is 0.375 e. The Morgan fingerprint density at radius 3 is 1.54 bits per heavy atom. The van der Waals surface area contributed by atoms with Gasteiger partial charge in [-0.3, -0.25) is 0 Å². The van der Waals surface area contributed by atoms with Crippen LogP contribution in [0.4, 0.5) is 0 Å². The molecule has 0 aliphatic rings. The third-order valence-corrected chi connectivity index (χ3v) is 1.57. The van der Waals surface area contributed by atoms with E-state index in [2.05, 4.69) is 18.1 Å². The van der Waals surface area contributed by atoms with Crippen LogP contribution in [-0.2, 0) is 0 Å². The number of rotatable bonds is 0. The van der Waals surface area contributed by atoms with Crippen LogP contribution in [0.5, 0.6) is 0 Å². The number of thiocarbonyl (C=S) groups is 1. The van der Waals surface area contributed by atoms with Gasteiger partial charge >= 0.3 is 0 Å². The molecule has 0 unspecified atom stereocenters. The third-order valence-electron chi connectivity index (χ3n) is 0.946. The molecule has 13 heavy (non-hydrogen) atoms. The van der Waals surface area contributed by atoms with E-state index < -0.39 is 0 Å². The van der Waals surface area contributed by atoms with Gasteiger partial charge in [0.05, 0.1) is 0 Å². The Morgan fingerprint density at radius 1 is 1.15 bits per heavy atom. The number of halogens is 2. The van der Waals surface area contributed by atoms with E-state index in [4.69, 9.17) is 28.9 Å². The molecule has 0 saturated heterocycles. The van der Waals surface area contributed by atoms with Gasteiger partial charge in [0.25, 0.3) is 0 Å². The second kappa shape index (κ2) is 6.91. The molecule has 0 saturated carbocycles. The van der Waals surface area contributed by atoms with E-state index >= 15 is 0 Å². The molecule has 0 radical (unpaired) electrons. The van der Waals surface area contributed by atoms with E-state index in [0.717, 1.165) is 10.0 Å². The summed E-state index contributed by atoms with van der Waals surface area (Å²) in [5.41, 5.74) is 6.82. The number of nitrogens with one attached hydrogen (secondary N) is 1. The first-order valence-corrected chi connectivity index (χ1v) is 4.39. The van der Waals surface area contributed by atoms with Crippen molar-refractivity contribution in [1.29, 1.82) is 0 Å². The standard InChI is InChI=1S/C6H4Cl2.CH5N3S/c7-5-1-2-6(8)4-3-5;2-1(5)4-3/h1-4H;3H2,(H3,2,4,5). The first-order chi connectivity index (χ1) is 6.06. The van der Waals surface area contributed by atoms with Crippen LogP contribution in [0.2, 0.25) is 10.0 Å². The number of nitrogens with two attached hydrogens (primary N) is 2. The summed E-state index contributed by atoms with van der Waals surface area (Å²) >= 11 is 15.3. The molecule has 0 aliphatic carbocycles. The molecule has 1 rings (SSSR count). The molecule has 0 aromatic heterocycles. The monoisotopic (exact) mass is 237 g/mol. The summed E-state index contributed by atoms with van der Waals surface area (Å²) in [5.74, 6) is 4.66. The molecule has 0 bridgehead atoms. The first-order valence-electron chi connectivity index (χ1n) is 3.23. The maximum absolute atomic E-state index is 5.55. The Labute approximate surface area is 92.0 Å². The molecule has 6 heteroatoms. The zero-order valence-electron chi connectivity index (χ0n) is 6.63. The second-order valence-corrected chi connectivity index (χ2v) is 3.26. The van der Waals surface area contributed by atoms with Crippen molar-refractivity contribution in [3.63, 3.8) is 0 Å². The number of hydrogen-bond donors (Lipinski definition) is 3. The third kappa shape index (κ3) is 7.80. The highest BCUT2D eigenvalue weighted by atomic mass is 35.5. The van der Waals surface area contributed by atoms with Gasteiger partial charge in [-0.25, -0.2) is 5.84 Å². The van der Waals surface area contributed by atoms with Gasteiger partial charge < -0.3 is 11.2 Å². The summed E-state index contributed by atoms with van der Waals surface area (Å²) in [6.07, 6.45) is 0. The van der Waals surface area contributed by atoms with E-state index in [-0.39, 0.29) is 5.11 Å². The highest BCUT2D eigenvalue weighted by Gasteiger charge is 1.83. The highest BCUT2D eigenvalue weighted by molar-refractivity contribution is 7.80. The smallest absolute Gasteiger partial charge is 0.177 e. The summed E-state index contributed by atoms with van der Waals surface area (Å²) in [6.45, 7) is 0. The van der Waals surface area contributed by atoms with Gasteiger partial charge in [0, 0.05) is 10.0 Å². The minimum absolute atomic E-state index is 0.116. The fourth-order valence-electron chi connectivity index (χ4n) is 0.430. The van der Waals surface area contributed by atoms with Crippen LogP contribution in [0.3, 0.4) is 0 Å². The van der Waals surface area contributed by atoms with Crippen molar-refractivity contribution in [2.45, 2.75) is 0 Å². The molecule has 0 fully saturated rings.